The number of fused-ring (bicyclic) bond motifs is 1. The minimum atomic E-state index is 0.760. The molecular formula is C19H31N. The lowest BCUT2D eigenvalue weighted by Gasteiger charge is -2.28. The molecule has 0 aliphatic heterocycles. The van der Waals surface area contributed by atoms with Crippen LogP contribution in [0.25, 0.3) is 0 Å². The molecule has 1 aromatic rings. The topological polar surface area (TPSA) is 12.0 Å². The SMILES string of the molecule is CC(C)CNCCC(C)CC1CCCc2ccccc21. The molecule has 0 spiro atoms. The third-order valence-corrected chi connectivity index (χ3v) is 4.55. The number of hydrogen-bond donors (Lipinski definition) is 1. The van der Waals surface area contributed by atoms with E-state index in [0.717, 1.165) is 24.3 Å². The summed E-state index contributed by atoms with van der Waals surface area (Å²) in [5.41, 5.74) is 3.25. The first-order valence-corrected chi connectivity index (χ1v) is 8.45. The van der Waals surface area contributed by atoms with Gasteiger partial charge in [-0.3, -0.25) is 0 Å². The summed E-state index contributed by atoms with van der Waals surface area (Å²) in [4.78, 5) is 0. The van der Waals surface area contributed by atoms with Gasteiger partial charge < -0.3 is 5.32 Å². The van der Waals surface area contributed by atoms with Crippen molar-refractivity contribution in [2.45, 2.75) is 58.8 Å². The molecule has 0 amide bonds. The second-order valence-electron chi connectivity index (χ2n) is 7.02. The van der Waals surface area contributed by atoms with Crippen LogP contribution in [0.15, 0.2) is 24.3 Å². The molecule has 1 aliphatic carbocycles. The number of nitrogens with one attached hydrogen (secondary N) is 1. The van der Waals surface area contributed by atoms with Crippen LogP contribution in [0.3, 0.4) is 0 Å². The number of rotatable bonds is 7. The lowest BCUT2D eigenvalue weighted by Crippen LogP contribution is -2.23. The van der Waals surface area contributed by atoms with Gasteiger partial charge in [-0.2, -0.15) is 0 Å². The lowest BCUT2D eigenvalue weighted by atomic mass is 9.78. The minimum absolute atomic E-state index is 0.760. The molecule has 2 unspecified atom stereocenters. The van der Waals surface area contributed by atoms with Gasteiger partial charge in [0.2, 0.25) is 0 Å². The van der Waals surface area contributed by atoms with Gasteiger partial charge in [0.15, 0.2) is 0 Å². The first-order valence-electron chi connectivity index (χ1n) is 8.45. The quantitative estimate of drug-likeness (QED) is 0.706. The van der Waals surface area contributed by atoms with Gasteiger partial charge in [-0.1, -0.05) is 45.0 Å². The van der Waals surface area contributed by atoms with E-state index < -0.39 is 0 Å². The highest BCUT2D eigenvalue weighted by molar-refractivity contribution is 5.32. The van der Waals surface area contributed by atoms with Gasteiger partial charge in [0.05, 0.1) is 0 Å². The molecule has 1 nitrogen and oxygen atoms in total. The van der Waals surface area contributed by atoms with Gasteiger partial charge in [-0.15, -0.1) is 0 Å². The van der Waals surface area contributed by atoms with Crippen LogP contribution in [0, 0.1) is 11.8 Å². The summed E-state index contributed by atoms with van der Waals surface area (Å²) in [6.45, 7) is 9.30. The van der Waals surface area contributed by atoms with Crippen molar-refractivity contribution in [2.24, 2.45) is 11.8 Å². The van der Waals surface area contributed by atoms with Gasteiger partial charge in [-0.05, 0) is 74.1 Å². The van der Waals surface area contributed by atoms with Crippen molar-refractivity contribution in [3.05, 3.63) is 35.4 Å². The maximum absolute atomic E-state index is 3.57. The highest BCUT2D eigenvalue weighted by atomic mass is 14.8. The Morgan fingerprint density at radius 3 is 2.80 bits per heavy atom. The van der Waals surface area contributed by atoms with E-state index in [1.165, 1.54) is 38.6 Å². The van der Waals surface area contributed by atoms with Crippen molar-refractivity contribution in [3.63, 3.8) is 0 Å². The van der Waals surface area contributed by atoms with Gasteiger partial charge in [0.1, 0.15) is 0 Å². The predicted molar refractivity (Wildman–Crippen MR) is 88.2 cm³/mol. The van der Waals surface area contributed by atoms with E-state index in [4.69, 9.17) is 0 Å². The van der Waals surface area contributed by atoms with Crippen LogP contribution in [0.4, 0.5) is 0 Å². The molecule has 0 aromatic heterocycles. The van der Waals surface area contributed by atoms with E-state index in [9.17, 15) is 0 Å². The Hall–Kier alpha value is -0.820. The number of hydrogen-bond acceptors (Lipinski definition) is 1. The largest absolute Gasteiger partial charge is 0.316 e. The highest BCUT2D eigenvalue weighted by Crippen LogP contribution is 2.36. The fourth-order valence-electron chi connectivity index (χ4n) is 3.44. The molecule has 1 heteroatoms. The van der Waals surface area contributed by atoms with Crippen molar-refractivity contribution >= 4 is 0 Å². The summed E-state index contributed by atoms with van der Waals surface area (Å²) < 4.78 is 0. The Kier molecular flexibility index (Phi) is 6.09. The van der Waals surface area contributed by atoms with Crippen LogP contribution in [-0.2, 0) is 6.42 Å². The van der Waals surface area contributed by atoms with E-state index >= 15 is 0 Å². The van der Waals surface area contributed by atoms with Crippen molar-refractivity contribution in [1.82, 2.24) is 5.32 Å². The summed E-state index contributed by atoms with van der Waals surface area (Å²) in [6.07, 6.45) is 6.73. The fraction of sp³-hybridized carbons (Fsp3) is 0.684. The summed E-state index contributed by atoms with van der Waals surface area (Å²) in [5.74, 6) is 2.39. The standard InChI is InChI=1S/C19H31N/c1-15(2)14-20-12-11-16(3)13-18-9-6-8-17-7-4-5-10-19(17)18/h4-5,7,10,15-16,18,20H,6,8-9,11-14H2,1-3H3. The molecule has 0 saturated heterocycles. The zero-order chi connectivity index (χ0) is 14.4. The molecule has 0 saturated carbocycles. The Bertz CT molecular complexity index is 397. The van der Waals surface area contributed by atoms with Crippen LogP contribution in [-0.4, -0.2) is 13.1 Å². The van der Waals surface area contributed by atoms with Crippen LogP contribution in [0.5, 0.6) is 0 Å². The summed E-state index contributed by atoms with van der Waals surface area (Å²) in [6, 6.07) is 9.10. The van der Waals surface area contributed by atoms with Crippen molar-refractivity contribution in [3.8, 4) is 0 Å². The monoisotopic (exact) mass is 273 g/mol. The molecule has 20 heavy (non-hydrogen) atoms. The molecule has 1 aromatic carbocycles. The van der Waals surface area contributed by atoms with E-state index in [1.807, 2.05) is 0 Å². The van der Waals surface area contributed by atoms with E-state index in [0.29, 0.717) is 0 Å². The molecular weight excluding hydrogens is 242 g/mol. The molecule has 1 aliphatic rings. The number of aryl methyl sites for hydroxylation is 1. The maximum atomic E-state index is 3.57. The molecule has 2 atom stereocenters. The van der Waals surface area contributed by atoms with Crippen molar-refractivity contribution in [1.29, 1.82) is 0 Å². The van der Waals surface area contributed by atoms with Crippen LogP contribution < -0.4 is 5.32 Å². The Morgan fingerprint density at radius 2 is 2.00 bits per heavy atom. The maximum Gasteiger partial charge on any atom is -0.00258 e. The summed E-state index contributed by atoms with van der Waals surface area (Å²) in [7, 11) is 0. The van der Waals surface area contributed by atoms with Crippen molar-refractivity contribution < 1.29 is 0 Å². The molecule has 0 heterocycles. The highest BCUT2D eigenvalue weighted by Gasteiger charge is 2.21. The van der Waals surface area contributed by atoms with E-state index in [2.05, 4.69) is 50.4 Å². The average Bonchev–Trinajstić information content (AvgIpc) is 2.44. The van der Waals surface area contributed by atoms with Gasteiger partial charge >= 0.3 is 0 Å². The first-order chi connectivity index (χ1) is 9.66. The minimum Gasteiger partial charge on any atom is -0.316 e. The zero-order valence-corrected chi connectivity index (χ0v) is 13.5. The van der Waals surface area contributed by atoms with Crippen molar-refractivity contribution in [2.75, 3.05) is 13.1 Å². The van der Waals surface area contributed by atoms with Crippen LogP contribution in [0.1, 0.15) is 63.5 Å². The summed E-state index contributed by atoms with van der Waals surface area (Å²) in [5, 5.41) is 3.57. The molecule has 112 valence electrons. The average molecular weight is 273 g/mol. The Balaban J connectivity index is 1.79. The van der Waals surface area contributed by atoms with Crippen LogP contribution in [0.2, 0.25) is 0 Å². The molecule has 1 N–H and O–H groups in total. The van der Waals surface area contributed by atoms with E-state index in [1.54, 1.807) is 11.1 Å². The van der Waals surface area contributed by atoms with Crippen LogP contribution >= 0.6 is 0 Å². The molecule has 0 fully saturated rings. The molecule has 2 rings (SSSR count). The van der Waals surface area contributed by atoms with Gasteiger partial charge in [-0.25, -0.2) is 0 Å². The van der Waals surface area contributed by atoms with Gasteiger partial charge in [0.25, 0.3) is 0 Å². The summed E-state index contributed by atoms with van der Waals surface area (Å²) >= 11 is 0. The Labute approximate surface area is 125 Å². The second kappa shape index (κ2) is 7.83. The first kappa shape index (κ1) is 15.6. The van der Waals surface area contributed by atoms with E-state index in [-0.39, 0.29) is 0 Å². The number of benzene rings is 1. The Morgan fingerprint density at radius 1 is 1.20 bits per heavy atom. The molecule has 0 radical (unpaired) electrons. The smallest absolute Gasteiger partial charge is 0.00258 e. The third kappa shape index (κ3) is 4.63. The van der Waals surface area contributed by atoms with Gasteiger partial charge in [0, 0.05) is 0 Å². The predicted octanol–water partition coefficient (Wildman–Crippen LogP) is 4.77. The lowest BCUT2D eigenvalue weighted by molar-refractivity contribution is 0.394. The third-order valence-electron chi connectivity index (χ3n) is 4.55. The zero-order valence-electron chi connectivity index (χ0n) is 13.5. The normalized spacial score (nSPS) is 19.9. The molecule has 0 bridgehead atoms. The second-order valence-corrected chi connectivity index (χ2v) is 7.02. The fourth-order valence-corrected chi connectivity index (χ4v) is 3.44.